The first kappa shape index (κ1) is 18.4. The van der Waals surface area contributed by atoms with Crippen molar-refractivity contribution in [2.75, 3.05) is 19.6 Å². The van der Waals surface area contributed by atoms with Crippen LogP contribution in [0.4, 0.5) is 0 Å². The van der Waals surface area contributed by atoms with Crippen molar-refractivity contribution in [2.24, 2.45) is 0 Å². The Morgan fingerprint density at radius 3 is 2.67 bits per heavy atom. The number of hydrogen-bond donors (Lipinski definition) is 2. The van der Waals surface area contributed by atoms with Crippen LogP contribution >= 0.6 is 0 Å². The van der Waals surface area contributed by atoms with Gasteiger partial charge in [0.15, 0.2) is 0 Å². The summed E-state index contributed by atoms with van der Waals surface area (Å²) in [6.45, 7) is 11.3. The van der Waals surface area contributed by atoms with E-state index in [-0.39, 0.29) is 5.91 Å². The molecule has 0 saturated carbocycles. The number of carbonyl (C=O) groups is 1. The molecule has 1 heterocycles. The van der Waals surface area contributed by atoms with Crippen molar-refractivity contribution in [2.45, 2.75) is 84.3 Å². The standard InChI is InChI=1S/C17H35N3O/c1-5-8-9-10-14(4)19-17(21)13-20-12-15(6-2)18-11-16(20)7-3/h14-16,18H,5-13H2,1-4H3,(H,19,21). The molecule has 0 aliphatic carbocycles. The summed E-state index contributed by atoms with van der Waals surface area (Å²) in [7, 11) is 0. The molecule has 0 radical (unpaired) electrons. The molecule has 1 fully saturated rings. The molecule has 124 valence electrons. The highest BCUT2D eigenvalue weighted by atomic mass is 16.2. The number of carbonyl (C=O) groups excluding carboxylic acids is 1. The zero-order chi connectivity index (χ0) is 15.7. The maximum atomic E-state index is 12.2. The predicted octanol–water partition coefficient (Wildman–Crippen LogP) is 2.53. The van der Waals surface area contributed by atoms with Gasteiger partial charge >= 0.3 is 0 Å². The number of piperazine rings is 1. The van der Waals surface area contributed by atoms with Gasteiger partial charge < -0.3 is 10.6 Å². The minimum absolute atomic E-state index is 0.189. The largest absolute Gasteiger partial charge is 0.353 e. The number of nitrogens with zero attached hydrogens (tertiary/aromatic N) is 1. The third-order valence-corrected chi connectivity index (χ3v) is 4.57. The summed E-state index contributed by atoms with van der Waals surface area (Å²) in [4.78, 5) is 14.6. The van der Waals surface area contributed by atoms with Crippen LogP contribution in [-0.4, -0.2) is 48.6 Å². The Balaban J connectivity index is 2.36. The topological polar surface area (TPSA) is 44.4 Å². The molecule has 0 aromatic carbocycles. The van der Waals surface area contributed by atoms with Crippen molar-refractivity contribution in [1.82, 2.24) is 15.5 Å². The molecule has 4 heteroatoms. The van der Waals surface area contributed by atoms with E-state index in [0.717, 1.165) is 32.4 Å². The lowest BCUT2D eigenvalue weighted by Crippen LogP contribution is -2.58. The fourth-order valence-electron chi connectivity index (χ4n) is 3.08. The molecule has 0 aromatic heterocycles. The molecule has 0 bridgehead atoms. The van der Waals surface area contributed by atoms with Crippen LogP contribution in [0.3, 0.4) is 0 Å². The average Bonchev–Trinajstić information content (AvgIpc) is 2.47. The third kappa shape index (κ3) is 6.79. The van der Waals surface area contributed by atoms with Crippen molar-refractivity contribution in [3.63, 3.8) is 0 Å². The number of unbranched alkanes of at least 4 members (excludes halogenated alkanes) is 2. The molecule has 1 amide bonds. The lowest BCUT2D eigenvalue weighted by Gasteiger charge is -2.39. The molecule has 0 aromatic rings. The Labute approximate surface area is 131 Å². The van der Waals surface area contributed by atoms with Crippen LogP contribution in [0.1, 0.15) is 66.2 Å². The van der Waals surface area contributed by atoms with Gasteiger partial charge in [0.2, 0.25) is 5.91 Å². The molecule has 3 atom stereocenters. The van der Waals surface area contributed by atoms with Crippen molar-refractivity contribution < 1.29 is 4.79 Å². The number of nitrogens with one attached hydrogen (secondary N) is 2. The van der Waals surface area contributed by atoms with Gasteiger partial charge in [-0.05, 0) is 26.2 Å². The minimum atomic E-state index is 0.189. The quantitative estimate of drug-likeness (QED) is 0.643. The van der Waals surface area contributed by atoms with Gasteiger partial charge in [-0.3, -0.25) is 9.69 Å². The normalized spacial score (nSPS) is 24.8. The van der Waals surface area contributed by atoms with Gasteiger partial charge in [0.1, 0.15) is 0 Å². The van der Waals surface area contributed by atoms with Crippen molar-refractivity contribution >= 4 is 5.91 Å². The predicted molar refractivity (Wildman–Crippen MR) is 89.5 cm³/mol. The molecule has 1 saturated heterocycles. The lowest BCUT2D eigenvalue weighted by molar-refractivity contribution is -0.123. The van der Waals surface area contributed by atoms with E-state index in [0.29, 0.717) is 24.7 Å². The first-order chi connectivity index (χ1) is 10.1. The van der Waals surface area contributed by atoms with E-state index in [1.54, 1.807) is 0 Å². The Morgan fingerprint density at radius 2 is 2.05 bits per heavy atom. The molecular formula is C17H35N3O. The summed E-state index contributed by atoms with van der Waals surface area (Å²) in [5, 5.41) is 6.74. The van der Waals surface area contributed by atoms with E-state index in [1.807, 2.05) is 0 Å². The Morgan fingerprint density at radius 1 is 1.29 bits per heavy atom. The summed E-state index contributed by atoms with van der Waals surface area (Å²) in [5.74, 6) is 0.189. The molecular weight excluding hydrogens is 262 g/mol. The van der Waals surface area contributed by atoms with Gasteiger partial charge in [-0.2, -0.15) is 0 Å². The van der Waals surface area contributed by atoms with Gasteiger partial charge in [0.05, 0.1) is 6.54 Å². The summed E-state index contributed by atoms with van der Waals surface area (Å²) in [6.07, 6.45) is 7.02. The highest BCUT2D eigenvalue weighted by molar-refractivity contribution is 5.78. The van der Waals surface area contributed by atoms with Gasteiger partial charge in [0, 0.05) is 31.2 Å². The van der Waals surface area contributed by atoms with E-state index < -0.39 is 0 Å². The maximum Gasteiger partial charge on any atom is 0.234 e. The van der Waals surface area contributed by atoms with Crippen molar-refractivity contribution in [3.05, 3.63) is 0 Å². The first-order valence-corrected chi connectivity index (χ1v) is 8.87. The highest BCUT2D eigenvalue weighted by Crippen LogP contribution is 2.12. The second-order valence-corrected chi connectivity index (χ2v) is 6.47. The number of rotatable bonds is 9. The second kappa shape index (κ2) is 10.2. The molecule has 1 rings (SSSR count). The van der Waals surface area contributed by atoms with Crippen molar-refractivity contribution in [1.29, 1.82) is 0 Å². The SMILES string of the molecule is CCCCCC(C)NC(=O)CN1CC(CC)NCC1CC. The van der Waals surface area contributed by atoms with Crippen LogP contribution in [-0.2, 0) is 4.79 Å². The highest BCUT2D eigenvalue weighted by Gasteiger charge is 2.27. The van der Waals surface area contributed by atoms with Gasteiger partial charge in [0.25, 0.3) is 0 Å². The number of hydrogen-bond acceptors (Lipinski definition) is 3. The fraction of sp³-hybridized carbons (Fsp3) is 0.941. The van der Waals surface area contributed by atoms with Crippen LogP contribution in [0.2, 0.25) is 0 Å². The van der Waals surface area contributed by atoms with Gasteiger partial charge in [-0.15, -0.1) is 0 Å². The molecule has 4 nitrogen and oxygen atoms in total. The lowest BCUT2D eigenvalue weighted by atomic mass is 10.1. The Hall–Kier alpha value is -0.610. The smallest absolute Gasteiger partial charge is 0.234 e. The summed E-state index contributed by atoms with van der Waals surface area (Å²) < 4.78 is 0. The van der Waals surface area contributed by atoms with Crippen LogP contribution < -0.4 is 10.6 Å². The Kier molecular flexibility index (Phi) is 8.93. The minimum Gasteiger partial charge on any atom is -0.353 e. The van der Waals surface area contributed by atoms with E-state index >= 15 is 0 Å². The van der Waals surface area contributed by atoms with E-state index in [1.165, 1.54) is 19.3 Å². The van der Waals surface area contributed by atoms with Crippen LogP contribution in [0.5, 0.6) is 0 Å². The Bertz CT molecular complexity index is 296. The van der Waals surface area contributed by atoms with E-state index in [2.05, 4.69) is 43.2 Å². The monoisotopic (exact) mass is 297 g/mol. The van der Waals surface area contributed by atoms with Gasteiger partial charge in [-0.1, -0.05) is 40.0 Å². The molecule has 1 aliphatic rings. The van der Waals surface area contributed by atoms with E-state index in [9.17, 15) is 4.79 Å². The zero-order valence-electron chi connectivity index (χ0n) is 14.5. The molecule has 21 heavy (non-hydrogen) atoms. The number of amides is 1. The van der Waals surface area contributed by atoms with E-state index in [4.69, 9.17) is 0 Å². The molecule has 0 spiro atoms. The fourth-order valence-corrected chi connectivity index (χ4v) is 3.08. The van der Waals surface area contributed by atoms with Gasteiger partial charge in [-0.25, -0.2) is 0 Å². The zero-order valence-corrected chi connectivity index (χ0v) is 14.5. The van der Waals surface area contributed by atoms with Crippen LogP contribution in [0.15, 0.2) is 0 Å². The van der Waals surface area contributed by atoms with Crippen LogP contribution in [0.25, 0.3) is 0 Å². The maximum absolute atomic E-state index is 12.2. The summed E-state index contributed by atoms with van der Waals surface area (Å²) in [5.41, 5.74) is 0. The molecule has 2 N–H and O–H groups in total. The van der Waals surface area contributed by atoms with Crippen LogP contribution in [0, 0.1) is 0 Å². The summed E-state index contributed by atoms with van der Waals surface area (Å²) in [6, 6.07) is 1.32. The van der Waals surface area contributed by atoms with Crippen molar-refractivity contribution in [3.8, 4) is 0 Å². The second-order valence-electron chi connectivity index (χ2n) is 6.47. The first-order valence-electron chi connectivity index (χ1n) is 8.87. The summed E-state index contributed by atoms with van der Waals surface area (Å²) >= 11 is 0. The molecule has 3 unspecified atom stereocenters. The molecule has 1 aliphatic heterocycles. The third-order valence-electron chi connectivity index (χ3n) is 4.57. The average molecular weight is 297 g/mol.